The van der Waals surface area contributed by atoms with Crippen molar-refractivity contribution >= 4 is 17.7 Å². The first-order valence-corrected chi connectivity index (χ1v) is 9.81. The van der Waals surface area contributed by atoms with Crippen molar-refractivity contribution in [3.63, 3.8) is 0 Å². The normalized spacial score (nSPS) is 19.5. The van der Waals surface area contributed by atoms with Crippen molar-refractivity contribution in [1.82, 2.24) is 20.2 Å². The van der Waals surface area contributed by atoms with Gasteiger partial charge in [-0.25, -0.2) is 18.6 Å². The molecule has 1 aliphatic carbocycles. The summed E-state index contributed by atoms with van der Waals surface area (Å²) in [4.78, 5) is 46.7. The minimum absolute atomic E-state index is 0.0399. The molecule has 3 amide bonds. The van der Waals surface area contributed by atoms with E-state index in [0.717, 1.165) is 4.90 Å². The number of aliphatic hydroxyl groups excluding tert-OH is 1. The number of imide groups is 1. The van der Waals surface area contributed by atoms with Crippen LogP contribution in [0.25, 0.3) is 11.3 Å². The van der Waals surface area contributed by atoms with E-state index in [1.807, 2.05) is 0 Å². The summed E-state index contributed by atoms with van der Waals surface area (Å²) in [5, 5.41) is 11.9. The second kappa shape index (κ2) is 7.77. The molecule has 8 nitrogen and oxygen atoms in total. The molecule has 31 heavy (non-hydrogen) atoms. The van der Waals surface area contributed by atoms with Crippen molar-refractivity contribution in [3.8, 4) is 11.3 Å². The van der Waals surface area contributed by atoms with E-state index in [1.165, 1.54) is 12.4 Å². The SMILES string of the molecule is O=C(CN1C(=O)NC2(CCC(F)(F)CC2)C1=O)c1cnc(-c2ccccc2CO)cn1. The van der Waals surface area contributed by atoms with E-state index in [4.69, 9.17) is 0 Å². The molecule has 2 aromatic rings. The first-order chi connectivity index (χ1) is 14.7. The minimum atomic E-state index is -2.86. The Balaban J connectivity index is 1.47. The minimum Gasteiger partial charge on any atom is -0.392 e. The topological polar surface area (TPSA) is 112 Å². The highest BCUT2D eigenvalue weighted by Gasteiger charge is 2.55. The number of hydrogen-bond acceptors (Lipinski definition) is 6. The van der Waals surface area contributed by atoms with Crippen LogP contribution >= 0.6 is 0 Å². The zero-order valence-electron chi connectivity index (χ0n) is 16.5. The van der Waals surface area contributed by atoms with Crippen molar-refractivity contribution in [2.75, 3.05) is 6.54 Å². The molecule has 2 fully saturated rings. The van der Waals surface area contributed by atoms with Gasteiger partial charge < -0.3 is 10.4 Å². The van der Waals surface area contributed by atoms with Crippen LogP contribution < -0.4 is 5.32 Å². The van der Waals surface area contributed by atoms with Crippen molar-refractivity contribution in [2.24, 2.45) is 0 Å². The number of ketones is 1. The predicted molar refractivity (Wildman–Crippen MR) is 104 cm³/mol. The highest BCUT2D eigenvalue weighted by Crippen LogP contribution is 2.41. The number of aliphatic hydroxyl groups is 1. The Bertz CT molecular complexity index is 1030. The molecule has 1 saturated carbocycles. The Kier molecular flexibility index (Phi) is 5.26. The monoisotopic (exact) mass is 430 g/mol. The largest absolute Gasteiger partial charge is 0.392 e. The number of urea groups is 1. The summed E-state index contributed by atoms with van der Waals surface area (Å²) in [6, 6.07) is 6.29. The van der Waals surface area contributed by atoms with E-state index in [9.17, 15) is 28.3 Å². The van der Waals surface area contributed by atoms with Crippen LogP contribution in [0.3, 0.4) is 0 Å². The molecule has 0 radical (unpaired) electrons. The number of Topliss-reactive ketones (excluding diaryl/α,β-unsaturated/α-hetero) is 1. The molecule has 2 heterocycles. The number of nitrogens with zero attached hydrogens (tertiary/aromatic N) is 3. The maximum atomic E-state index is 13.5. The Morgan fingerprint density at radius 1 is 1.10 bits per heavy atom. The molecular formula is C21H20F2N4O4. The summed E-state index contributed by atoms with van der Waals surface area (Å²) in [5.74, 6) is -4.12. The molecule has 1 spiro atoms. The fourth-order valence-corrected chi connectivity index (χ4v) is 3.94. The van der Waals surface area contributed by atoms with Crippen LogP contribution in [-0.2, 0) is 11.4 Å². The van der Waals surface area contributed by atoms with Crippen molar-refractivity contribution < 1.29 is 28.3 Å². The zero-order valence-corrected chi connectivity index (χ0v) is 16.5. The first-order valence-electron chi connectivity index (χ1n) is 9.81. The van der Waals surface area contributed by atoms with Gasteiger partial charge in [0.25, 0.3) is 5.91 Å². The summed E-state index contributed by atoms with van der Waals surface area (Å²) >= 11 is 0. The highest BCUT2D eigenvalue weighted by atomic mass is 19.3. The predicted octanol–water partition coefficient (Wildman–Crippen LogP) is 2.32. The average molecular weight is 430 g/mol. The summed E-state index contributed by atoms with van der Waals surface area (Å²) in [6.07, 6.45) is 1.27. The van der Waals surface area contributed by atoms with Gasteiger partial charge in [-0.3, -0.25) is 19.5 Å². The van der Waals surface area contributed by atoms with Crippen molar-refractivity contribution in [2.45, 2.75) is 43.8 Å². The molecule has 10 heteroatoms. The molecular weight excluding hydrogens is 410 g/mol. The average Bonchev–Trinajstić information content (AvgIpc) is 3.00. The molecule has 1 aliphatic heterocycles. The summed E-state index contributed by atoms with van der Waals surface area (Å²) in [7, 11) is 0. The van der Waals surface area contributed by atoms with Gasteiger partial charge in [0.05, 0.1) is 31.2 Å². The van der Waals surface area contributed by atoms with Gasteiger partial charge >= 0.3 is 6.03 Å². The maximum absolute atomic E-state index is 13.5. The summed E-state index contributed by atoms with van der Waals surface area (Å²) < 4.78 is 27.0. The molecule has 0 unspecified atom stereocenters. The second-order valence-corrected chi connectivity index (χ2v) is 7.78. The molecule has 1 aromatic heterocycles. The van der Waals surface area contributed by atoms with Crippen LogP contribution in [0.15, 0.2) is 36.7 Å². The van der Waals surface area contributed by atoms with E-state index >= 15 is 0 Å². The van der Waals surface area contributed by atoms with Gasteiger partial charge in [-0.15, -0.1) is 0 Å². The van der Waals surface area contributed by atoms with Gasteiger partial charge in [0.2, 0.25) is 11.7 Å². The summed E-state index contributed by atoms with van der Waals surface area (Å²) in [6.45, 7) is -0.734. The summed E-state index contributed by atoms with van der Waals surface area (Å²) in [5.41, 5.74) is 0.364. The molecule has 0 bridgehead atoms. The number of halogens is 2. The molecule has 2 N–H and O–H groups in total. The third kappa shape index (κ3) is 3.90. The quantitative estimate of drug-likeness (QED) is 0.556. The van der Waals surface area contributed by atoms with Crippen LogP contribution in [0.5, 0.6) is 0 Å². The number of alkyl halides is 2. The van der Waals surface area contributed by atoms with E-state index in [-0.39, 0.29) is 25.1 Å². The fourth-order valence-electron chi connectivity index (χ4n) is 3.94. The Morgan fingerprint density at radius 3 is 2.45 bits per heavy atom. The fraction of sp³-hybridized carbons (Fsp3) is 0.381. The third-order valence-corrected chi connectivity index (χ3v) is 5.78. The van der Waals surface area contributed by atoms with Gasteiger partial charge in [0, 0.05) is 18.4 Å². The lowest BCUT2D eigenvalue weighted by atomic mass is 9.80. The number of benzene rings is 1. The zero-order chi connectivity index (χ0) is 22.2. The highest BCUT2D eigenvalue weighted by molar-refractivity contribution is 6.10. The van der Waals surface area contributed by atoms with Crippen molar-refractivity contribution in [1.29, 1.82) is 0 Å². The van der Waals surface area contributed by atoms with Gasteiger partial charge in [-0.1, -0.05) is 24.3 Å². The molecule has 0 atom stereocenters. The van der Waals surface area contributed by atoms with E-state index in [2.05, 4.69) is 15.3 Å². The maximum Gasteiger partial charge on any atom is 0.325 e. The van der Waals surface area contributed by atoms with Crippen LogP contribution in [0.2, 0.25) is 0 Å². The molecule has 162 valence electrons. The standard InChI is InChI=1S/C21H20F2N4O4/c22-21(23)7-5-20(6-8-21)18(30)27(19(31)26-20)11-17(29)16-10-24-15(9-25-16)14-4-2-1-3-13(14)12-28/h1-4,9-10,28H,5-8,11-12H2,(H,26,31). The van der Waals surface area contributed by atoms with Gasteiger partial charge in [0.1, 0.15) is 11.2 Å². The lowest BCUT2D eigenvalue weighted by molar-refractivity contribution is -0.135. The molecule has 4 rings (SSSR count). The van der Waals surface area contributed by atoms with Crippen LogP contribution in [0.1, 0.15) is 41.7 Å². The van der Waals surface area contributed by atoms with Gasteiger partial charge in [-0.05, 0) is 18.4 Å². The smallest absolute Gasteiger partial charge is 0.325 e. The number of carbonyl (C=O) groups excluding carboxylic acids is 3. The van der Waals surface area contributed by atoms with Crippen LogP contribution in [-0.4, -0.2) is 55.7 Å². The number of nitrogens with one attached hydrogen (secondary N) is 1. The first kappa shape index (κ1) is 21.0. The van der Waals surface area contributed by atoms with Crippen molar-refractivity contribution in [3.05, 3.63) is 47.9 Å². The van der Waals surface area contributed by atoms with E-state index in [1.54, 1.807) is 24.3 Å². The number of amides is 3. The lowest BCUT2D eigenvalue weighted by Gasteiger charge is -2.34. The number of hydrogen-bond donors (Lipinski definition) is 2. The molecule has 2 aliphatic rings. The van der Waals surface area contributed by atoms with Crippen LogP contribution in [0, 0.1) is 0 Å². The lowest BCUT2D eigenvalue weighted by Crippen LogP contribution is -2.51. The van der Waals surface area contributed by atoms with Crippen LogP contribution in [0.4, 0.5) is 13.6 Å². The van der Waals surface area contributed by atoms with Gasteiger partial charge in [0.15, 0.2) is 0 Å². The second-order valence-electron chi connectivity index (χ2n) is 7.78. The van der Waals surface area contributed by atoms with E-state index in [0.29, 0.717) is 16.8 Å². The molecule has 1 saturated heterocycles. The molecule has 1 aromatic carbocycles. The van der Waals surface area contributed by atoms with E-state index < -0.39 is 48.6 Å². The third-order valence-electron chi connectivity index (χ3n) is 5.78. The van der Waals surface area contributed by atoms with Gasteiger partial charge in [-0.2, -0.15) is 0 Å². The Labute approximate surface area is 176 Å². The Morgan fingerprint density at radius 2 is 1.81 bits per heavy atom. The number of rotatable bonds is 5. The number of carbonyl (C=O) groups is 3. The number of aromatic nitrogens is 2. The Hall–Kier alpha value is -3.27.